The molecule has 3 rings (SSSR count). The molecule has 0 heterocycles. The van der Waals surface area contributed by atoms with E-state index in [0.29, 0.717) is 29.8 Å². The maximum absolute atomic E-state index is 13.0. The van der Waals surface area contributed by atoms with Crippen molar-refractivity contribution in [2.24, 2.45) is 40.9 Å². The number of ketones is 1. The summed E-state index contributed by atoms with van der Waals surface area (Å²) in [5, 5.41) is 7.21. The van der Waals surface area contributed by atoms with Gasteiger partial charge >= 0.3 is 0 Å². The highest BCUT2D eigenvalue weighted by Crippen LogP contribution is 2.40. The standard InChI is InChI=1S/C30H54N2O2/c1-19(2)31-26-14-8-22(16-20(26)3)18-23-9-15-27(21(4)17-23)32-29(34)25-12-10-24(11-13-25)28(33)30(5,6)7/h19-27,31H,8-18H2,1-7H3,(H,32,34). The monoisotopic (exact) mass is 474 g/mol. The first-order valence-electron chi connectivity index (χ1n) is 14.5. The topological polar surface area (TPSA) is 58.2 Å². The second-order valence-electron chi connectivity index (χ2n) is 13.8. The van der Waals surface area contributed by atoms with Crippen LogP contribution in [0.1, 0.15) is 119 Å². The van der Waals surface area contributed by atoms with Crippen LogP contribution in [0.2, 0.25) is 0 Å². The fraction of sp³-hybridized carbons (Fsp3) is 0.933. The van der Waals surface area contributed by atoms with Crippen molar-refractivity contribution in [2.45, 2.75) is 137 Å². The lowest BCUT2D eigenvalue weighted by atomic mass is 9.70. The van der Waals surface area contributed by atoms with E-state index in [1.54, 1.807) is 0 Å². The zero-order valence-corrected chi connectivity index (χ0v) is 23.3. The van der Waals surface area contributed by atoms with Crippen molar-refractivity contribution in [1.29, 1.82) is 0 Å². The van der Waals surface area contributed by atoms with Gasteiger partial charge in [-0.25, -0.2) is 0 Å². The molecule has 3 aliphatic carbocycles. The maximum Gasteiger partial charge on any atom is 0.223 e. The van der Waals surface area contributed by atoms with Crippen LogP contribution in [-0.2, 0) is 9.59 Å². The second-order valence-corrected chi connectivity index (χ2v) is 13.8. The highest BCUT2D eigenvalue weighted by Gasteiger charge is 2.37. The average Bonchev–Trinajstić information content (AvgIpc) is 2.76. The Balaban J connectivity index is 1.39. The SMILES string of the molecule is CC(C)NC1CCC(CC2CCC(NC(=O)C3CCC(C(=O)C(C)(C)C)CC3)C(C)C2)CC1C. The first-order chi connectivity index (χ1) is 15.9. The van der Waals surface area contributed by atoms with Gasteiger partial charge < -0.3 is 10.6 Å². The Morgan fingerprint density at radius 2 is 1.26 bits per heavy atom. The van der Waals surface area contributed by atoms with Crippen LogP contribution in [0.5, 0.6) is 0 Å². The minimum absolute atomic E-state index is 0.102. The van der Waals surface area contributed by atoms with Gasteiger partial charge in [0.15, 0.2) is 0 Å². The molecule has 3 saturated carbocycles. The van der Waals surface area contributed by atoms with Crippen molar-refractivity contribution in [3.8, 4) is 0 Å². The minimum Gasteiger partial charge on any atom is -0.353 e. The van der Waals surface area contributed by atoms with Gasteiger partial charge in [0.25, 0.3) is 0 Å². The Bertz CT molecular complexity index is 674. The highest BCUT2D eigenvalue weighted by molar-refractivity contribution is 5.86. The lowest BCUT2D eigenvalue weighted by Crippen LogP contribution is -2.46. The Labute approximate surface area is 210 Å². The molecular weight excluding hydrogens is 420 g/mol. The number of Topliss-reactive ketones (excluding diaryl/α,β-unsaturated/α-hetero) is 1. The highest BCUT2D eigenvalue weighted by atomic mass is 16.2. The van der Waals surface area contributed by atoms with E-state index >= 15 is 0 Å². The third-order valence-electron chi connectivity index (χ3n) is 9.31. The van der Waals surface area contributed by atoms with Gasteiger partial charge in [-0.2, -0.15) is 0 Å². The third kappa shape index (κ3) is 7.55. The molecule has 196 valence electrons. The summed E-state index contributed by atoms with van der Waals surface area (Å²) in [5.41, 5.74) is -0.268. The molecule has 0 spiro atoms. The van der Waals surface area contributed by atoms with E-state index in [4.69, 9.17) is 0 Å². The molecule has 1 amide bonds. The second kappa shape index (κ2) is 11.9. The van der Waals surface area contributed by atoms with Crippen molar-refractivity contribution in [3.05, 3.63) is 0 Å². The van der Waals surface area contributed by atoms with Crippen LogP contribution >= 0.6 is 0 Å². The van der Waals surface area contributed by atoms with E-state index in [-0.39, 0.29) is 23.2 Å². The molecule has 0 aromatic carbocycles. The normalized spacial score (nSPS) is 37.4. The molecule has 4 nitrogen and oxygen atoms in total. The molecule has 4 heteroatoms. The number of carbonyl (C=O) groups is 2. The lowest BCUT2D eigenvalue weighted by Gasteiger charge is -2.40. The van der Waals surface area contributed by atoms with Crippen LogP contribution in [0.15, 0.2) is 0 Å². The van der Waals surface area contributed by atoms with Gasteiger partial charge in [-0.05, 0) is 94.3 Å². The molecule has 34 heavy (non-hydrogen) atoms. The number of amides is 1. The van der Waals surface area contributed by atoms with E-state index in [2.05, 4.69) is 38.3 Å². The van der Waals surface area contributed by atoms with Crippen molar-refractivity contribution >= 4 is 11.7 Å². The van der Waals surface area contributed by atoms with Crippen LogP contribution in [0.3, 0.4) is 0 Å². The average molecular weight is 475 g/mol. The van der Waals surface area contributed by atoms with Gasteiger partial charge in [-0.15, -0.1) is 0 Å². The largest absolute Gasteiger partial charge is 0.353 e. The molecule has 0 aliphatic heterocycles. The summed E-state index contributed by atoms with van der Waals surface area (Å²) in [7, 11) is 0. The van der Waals surface area contributed by atoms with E-state index in [1.165, 1.54) is 38.5 Å². The van der Waals surface area contributed by atoms with Crippen LogP contribution < -0.4 is 10.6 Å². The summed E-state index contributed by atoms with van der Waals surface area (Å²) >= 11 is 0. The fourth-order valence-corrected chi connectivity index (χ4v) is 7.34. The number of hydrogen-bond donors (Lipinski definition) is 2. The van der Waals surface area contributed by atoms with E-state index in [1.807, 2.05) is 20.8 Å². The van der Waals surface area contributed by atoms with Crippen molar-refractivity contribution in [2.75, 3.05) is 0 Å². The van der Waals surface area contributed by atoms with Crippen LogP contribution in [0.4, 0.5) is 0 Å². The van der Waals surface area contributed by atoms with Crippen LogP contribution in [0, 0.1) is 40.9 Å². The first kappa shape index (κ1) is 27.7. The summed E-state index contributed by atoms with van der Waals surface area (Å²) in [4.78, 5) is 25.6. The zero-order chi connectivity index (χ0) is 25.0. The zero-order valence-electron chi connectivity index (χ0n) is 23.3. The molecule has 0 aromatic rings. The molecule has 0 bridgehead atoms. The number of hydrogen-bond acceptors (Lipinski definition) is 3. The molecule has 0 saturated heterocycles. The summed E-state index contributed by atoms with van der Waals surface area (Å²) in [5.74, 6) is 3.94. The molecule has 3 fully saturated rings. The first-order valence-corrected chi connectivity index (χ1v) is 14.5. The van der Waals surface area contributed by atoms with Crippen LogP contribution in [-0.4, -0.2) is 29.8 Å². The van der Waals surface area contributed by atoms with Crippen LogP contribution in [0.25, 0.3) is 0 Å². The minimum atomic E-state index is -0.268. The summed E-state index contributed by atoms with van der Waals surface area (Å²) in [6.45, 7) is 15.4. The summed E-state index contributed by atoms with van der Waals surface area (Å²) in [6.07, 6.45) is 12.6. The molecule has 6 atom stereocenters. The quantitative estimate of drug-likeness (QED) is 0.441. The molecular formula is C30H54N2O2. The summed E-state index contributed by atoms with van der Waals surface area (Å²) in [6, 6.07) is 1.61. The van der Waals surface area contributed by atoms with E-state index < -0.39 is 0 Å². The predicted octanol–water partition coefficient (Wildman–Crippen LogP) is 6.52. The molecule has 6 unspecified atom stereocenters. The Hall–Kier alpha value is -0.900. The Kier molecular flexibility index (Phi) is 9.68. The van der Waals surface area contributed by atoms with Gasteiger partial charge in [-0.1, -0.05) is 48.5 Å². The fourth-order valence-electron chi connectivity index (χ4n) is 7.34. The number of nitrogens with one attached hydrogen (secondary N) is 2. The van der Waals surface area contributed by atoms with Gasteiger partial charge in [0.1, 0.15) is 5.78 Å². The number of carbonyl (C=O) groups excluding carboxylic acids is 2. The maximum atomic E-state index is 13.0. The molecule has 2 N–H and O–H groups in total. The summed E-state index contributed by atoms with van der Waals surface area (Å²) < 4.78 is 0. The third-order valence-corrected chi connectivity index (χ3v) is 9.31. The Morgan fingerprint density at radius 3 is 1.74 bits per heavy atom. The van der Waals surface area contributed by atoms with E-state index in [0.717, 1.165) is 49.9 Å². The van der Waals surface area contributed by atoms with Crippen molar-refractivity contribution in [3.63, 3.8) is 0 Å². The lowest BCUT2D eigenvalue weighted by molar-refractivity contribution is -0.134. The van der Waals surface area contributed by atoms with Crippen molar-refractivity contribution in [1.82, 2.24) is 10.6 Å². The van der Waals surface area contributed by atoms with Gasteiger partial charge in [0.05, 0.1) is 0 Å². The van der Waals surface area contributed by atoms with Gasteiger partial charge in [-0.3, -0.25) is 9.59 Å². The molecule has 0 radical (unpaired) electrons. The molecule has 0 aromatic heterocycles. The predicted molar refractivity (Wildman–Crippen MR) is 142 cm³/mol. The number of rotatable bonds is 7. The van der Waals surface area contributed by atoms with Gasteiger partial charge in [0, 0.05) is 35.4 Å². The van der Waals surface area contributed by atoms with Crippen molar-refractivity contribution < 1.29 is 9.59 Å². The molecule has 3 aliphatic rings. The Morgan fingerprint density at radius 1 is 0.765 bits per heavy atom. The van der Waals surface area contributed by atoms with E-state index in [9.17, 15) is 9.59 Å². The van der Waals surface area contributed by atoms with Gasteiger partial charge in [0.2, 0.25) is 5.91 Å². The smallest absolute Gasteiger partial charge is 0.223 e.